The highest BCUT2D eigenvalue weighted by Crippen LogP contribution is 2.26. The van der Waals surface area contributed by atoms with E-state index in [1.165, 1.54) is 35.7 Å². The van der Waals surface area contributed by atoms with Crippen LogP contribution in [-0.2, 0) is 6.54 Å². The number of rotatable bonds is 8. The molecule has 1 N–H and O–H groups in total. The van der Waals surface area contributed by atoms with Gasteiger partial charge >= 0.3 is 0 Å². The minimum Gasteiger partial charge on any atom is -0.311 e. The fourth-order valence-electron chi connectivity index (χ4n) is 1.85. The number of thioether (sulfide) groups is 1. The Balaban J connectivity index is 2.07. The molecule has 2 aromatic heterocycles. The molecule has 0 aliphatic rings. The van der Waals surface area contributed by atoms with E-state index in [4.69, 9.17) is 4.98 Å². The molecule has 3 nitrogen and oxygen atoms in total. The molecular weight excluding hydrogens is 262 g/mol. The van der Waals surface area contributed by atoms with Gasteiger partial charge in [0, 0.05) is 18.1 Å². The first-order valence-electron chi connectivity index (χ1n) is 6.64. The van der Waals surface area contributed by atoms with Gasteiger partial charge in [-0.3, -0.25) is 4.40 Å². The van der Waals surface area contributed by atoms with E-state index in [9.17, 15) is 0 Å². The molecule has 0 aromatic carbocycles. The Morgan fingerprint density at radius 1 is 1.39 bits per heavy atom. The number of thiazole rings is 1. The van der Waals surface area contributed by atoms with Gasteiger partial charge in [-0.1, -0.05) is 26.7 Å². The highest BCUT2D eigenvalue weighted by Gasteiger charge is 2.12. The van der Waals surface area contributed by atoms with Gasteiger partial charge in [0.25, 0.3) is 0 Å². The number of hydrogen-bond donors (Lipinski definition) is 1. The fourth-order valence-corrected chi connectivity index (χ4v) is 3.67. The maximum Gasteiger partial charge on any atom is 0.194 e. The van der Waals surface area contributed by atoms with Crippen molar-refractivity contribution in [2.24, 2.45) is 0 Å². The average Bonchev–Trinajstić information content (AvgIpc) is 2.93. The number of imidazole rings is 1. The predicted octanol–water partition coefficient (Wildman–Crippen LogP) is 3.79. The van der Waals surface area contributed by atoms with E-state index in [0.29, 0.717) is 0 Å². The van der Waals surface area contributed by atoms with Gasteiger partial charge in [-0.15, -0.1) is 23.1 Å². The van der Waals surface area contributed by atoms with Crippen LogP contribution in [0.5, 0.6) is 0 Å². The molecule has 0 unspecified atom stereocenters. The highest BCUT2D eigenvalue weighted by molar-refractivity contribution is 7.99. The van der Waals surface area contributed by atoms with E-state index in [0.717, 1.165) is 18.1 Å². The summed E-state index contributed by atoms with van der Waals surface area (Å²) in [5.74, 6) is 1.18. The minimum atomic E-state index is 0.907. The van der Waals surface area contributed by atoms with Gasteiger partial charge in [-0.25, -0.2) is 4.98 Å². The molecule has 5 heteroatoms. The van der Waals surface area contributed by atoms with Crippen molar-refractivity contribution in [2.45, 2.75) is 44.7 Å². The zero-order chi connectivity index (χ0) is 12.8. The first-order valence-corrected chi connectivity index (χ1v) is 8.51. The monoisotopic (exact) mass is 283 g/mol. The van der Waals surface area contributed by atoms with Crippen LogP contribution in [-0.4, -0.2) is 21.7 Å². The van der Waals surface area contributed by atoms with Crippen LogP contribution in [0.2, 0.25) is 0 Å². The van der Waals surface area contributed by atoms with Crippen LogP contribution in [0.4, 0.5) is 0 Å². The lowest BCUT2D eigenvalue weighted by Crippen LogP contribution is -2.13. The molecule has 0 atom stereocenters. The summed E-state index contributed by atoms with van der Waals surface area (Å²) >= 11 is 3.61. The Morgan fingerprint density at radius 2 is 2.28 bits per heavy atom. The third kappa shape index (κ3) is 3.28. The summed E-state index contributed by atoms with van der Waals surface area (Å²) in [6.07, 6.45) is 6.00. The lowest BCUT2D eigenvalue weighted by atomic mass is 10.3. The number of fused-ring (bicyclic) bond motifs is 1. The predicted molar refractivity (Wildman–Crippen MR) is 80.7 cm³/mol. The fraction of sp³-hybridized carbons (Fsp3) is 0.615. The molecule has 0 saturated carbocycles. The van der Waals surface area contributed by atoms with Gasteiger partial charge in [-0.05, 0) is 18.7 Å². The third-order valence-corrected chi connectivity index (χ3v) is 4.70. The van der Waals surface area contributed by atoms with Crippen molar-refractivity contribution in [3.05, 3.63) is 17.3 Å². The maximum atomic E-state index is 4.73. The smallest absolute Gasteiger partial charge is 0.194 e. The standard InChI is InChI=1S/C13H21N3S2/c1-3-5-6-8-17-12-11(10-14-4-2)16-7-9-18-13(16)15-12/h7,9,14H,3-6,8,10H2,1-2H3. The number of hydrogen-bond acceptors (Lipinski definition) is 4. The van der Waals surface area contributed by atoms with E-state index in [1.54, 1.807) is 11.3 Å². The second-order valence-electron chi connectivity index (χ2n) is 4.26. The Labute approximate surface area is 117 Å². The second-order valence-corrected chi connectivity index (χ2v) is 6.21. The zero-order valence-corrected chi connectivity index (χ0v) is 12.7. The van der Waals surface area contributed by atoms with Crippen LogP contribution in [0.15, 0.2) is 16.6 Å². The quantitative estimate of drug-likeness (QED) is 0.590. The molecule has 0 fully saturated rings. The normalized spacial score (nSPS) is 11.4. The Bertz CT molecular complexity index is 475. The minimum absolute atomic E-state index is 0.907. The van der Waals surface area contributed by atoms with Crippen LogP contribution in [0.1, 0.15) is 38.8 Å². The Morgan fingerprint density at radius 3 is 3.06 bits per heavy atom. The van der Waals surface area contributed by atoms with Gasteiger partial charge in [0.1, 0.15) is 5.03 Å². The van der Waals surface area contributed by atoms with E-state index in [-0.39, 0.29) is 0 Å². The molecular formula is C13H21N3S2. The van der Waals surface area contributed by atoms with Crippen molar-refractivity contribution in [3.8, 4) is 0 Å². The molecule has 0 amide bonds. The number of nitrogens with zero attached hydrogens (tertiary/aromatic N) is 2. The number of nitrogens with one attached hydrogen (secondary N) is 1. The molecule has 0 bridgehead atoms. The number of unbranched alkanes of at least 4 members (excludes halogenated alkanes) is 2. The summed E-state index contributed by atoms with van der Waals surface area (Å²) in [6.45, 7) is 6.29. The van der Waals surface area contributed by atoms with Crippen molar-refractivity contribution < 1.29 is 0 Å². The highest BCUT2D eigenvalue weighted by atomic mass is 32.2. The van der Waals surface area contributed by atoms with E-state index < -0.39 is 0 Å². The Hall–Kier alpha value is -0.520. The molecule has 0 aliphatic carbocycles. The molecule has 0 spiro atoms. The summed E-state index contributed by atoms with van der Waals surface area (Å²) < 4.78 is 2.22. The lowest BCUT2D eigenvalue weighted by molar-refractivity contribution is 0.694. The molecule has 2 heterocycles. The Kier molecular flexibility index (Phi) is 5.53. The molecule has 2 rings (SSSR count). The summed E-state index contributed by atoms with van der Waals surface area (Å²) in [5, 5.41) is 6.71. The summed E-state index contributed by atoms with van der Waals surface area (Å²) in [5.41, 5.74) is 1.31. The first kappa shape index (κ1) is 13.9. The van der Waals surface area contributed by atoms with Crippen LogP contribution < -0.4 is 5.32 Å². The third-order valence-electron chi connectivity index (χ3n) is 2.85. The van der Waals surface area contributed by atoms with Crippen LogP contribution in [0, 0.1) is 0 Å². The van der Waals surface area contributed by atoms with Crippen molar-refractivity contribution in [1.29, 1.82) is 0 Å². The van der Waals surface area contributed by atoms with Gasteiger partial charge in [-0.2, -0.15) is 0 Å². The average molecular weight is 283 g/mol. The maximum absolute atomic E-state index is 4.73. The van der Waals surface area contributed by atoms with Crippen molar-refractivity contribution >= 4 is 28.1 Å². The van der Waals surface area contributed by atoms with Gasteiger partial charge in [0.2, 0.25) is 0 Å². The van der Waals surface area contributed by atoms with Crippen LogP contribution >= 0.6 is 23.1 Å². The number of aromatic nitrogens is 2. The van der Waals surface area contributed by atoms with Crippen molar-refractivity contribution in [1.82, 2.24) is 14.7 Å². The summed E-state index contributed by atoms with van der Waals surface area (Å²) in [7, 11) is 0. The van der Waals surface area contributed by atoms with Gasteiger partial charge in [0.15, 0.2) is 4.96 Å². The summed E-state index contributed by atoms with van der Waals surface area (Å²) in [4.78, 5) is 5.84. The molecule has 0 radical (unpaired) electrons. The van der Waals surface area contributed by atoms with Crippen molar-refractivity contribution in [3.63, 3.8) is 0 Å². The lowest BCUT2D eigenvalue weighted by Gasteiger charge is -2.04. The molecule has 2 aromatic rings. The largest absolute Gasteiger partial charge is 0.311 e. The molecule has 18 heavy (non-hydrogen) atoms. The second kappa shape index (κ2) is 7.16. The van der Waals surface area contributed by atoms with E-state index in [2.05, 4.69) is 35.1 Å². The molecule has 0 aliphatic heterocycles. The van der Waals surface area contributed by atoms with E-state index in [1.807, 2.05) is 11.8 Å². The van der Waals surface area contributed by atoms with Gasteiger partial charge in [0.05, 0.1) is 5.69 Å². The van der Waals surface area contributed by atoms with Crippen molar-refractivity contribution in [2.75, 3.05) is 12.3 Å². The van der Waals surface area contributed by atoms with Gasteiger partial charge < -0.3 is 5.32 Å². The molecule has 0 saturated heterocycles. The van der Waals surface area contributed by atoms with Crippen LogP contribution in [0.25, 0.3) is 4.96 Å². The zero-order valence-electron chi connectivity index (χ0n) is 11.1. The molecule has 100 valence electrons. The SMILES string of the molecule is CCCCCSc1nc2sccn2c1CNCC. The first-order chi connectivity index (χ1) is 8.86. The van der Waals surface area contributed by atoms with E-state index >= 15 is 0 Å². The summed E-state index contributed by atoms with van der Waals surface area (Å²) in [6, 6.07) is 0. The topological polar surface area (TPSA) is 29.3 Å². The van der Waals surface area contributed by atoms with Crippen LogP contribution in [0.3, 0.4) is 0 Å².